The van der Waals surface area contributed by atoms with E-state index in [-0.39, 0.29) is 35.0 Å². The van der Waals surface area contributed by atoms with Crippen molar-refractivity contribution >= 4 is 34.1 Å². The van der Waals surface area contributed by atoms with Crippen LogP contribution >= 0.6 is 11.6 Å². The van der Waals surface area contributed by atoms with Gasteiger partial charge in [0.05, 0.1) is 22.5 Å². The van der Waals surface area contributed by atoms with E-state index in [2.05, 4.69) is 15.6 Å². The van der Waals surface area contributed by atoms with Gasteiger partial charge in [0.25, 0.3) is 5.69 Å². The number of hydrogen-bond donors (Lipinski definition) is 3. The highest BCUT2D eigenvalue weighted by Gasteiger charge is 2.24. The summed E-state index contributed by atoms with van der Waals surface area (Å²) >= 11 is 6.45. The molecule has 172 valence electrons. The van der Waals surface area contributed by atoms with Crippen LogP contribution in [-0.4, -0.2) is 27.5 Å². The lowest BCUT2D eigenvalue weighted by Gasteiger charge is -2.22. The Morgan fingerprint density at radius 1 is 1.09 bits per heavy atom. The molecule has 0 aliphatic rings. The van der Waals surface area contributed by atoms with E-state index >= 15 is 0 Å². The minimum absolute atomic E-state index is 0.000641. The molecule has 0 aliphatic heterocycles. The Kier molecular flexibility index (Phi) is 7.01. The van der Waals surface area contributed by atoms with Gasteiger partial charge in [0.15, 0.2) is 0 Å². The molecule has 1 unspecified atom stereocenters. The summed E-state index contributed by atoms with van der Waals surface area (Å²) in [5.41, 5.74) is 1.87. The number of halogens is 1. The quantitative estimate of drug-likeness (QED) is 0.254. The summed E-state index contributed by atoms with van der Waals surface area (Å²) in [6.07, 6.45) is 1.52. The van der Waals surface area contributed by atoms with Crippen molar-refractivity contribution in [2.45, 2.75) is 12.6 Å². The average Bonchev–Trinajstić information content (AvgIpc) is 2.86. The van der Waals surface area contributed by atoms with Gasteiger partial charge < -0.3 is 15.7 Å². The van der Waals surface area contributed by atoms with E-state index in [0.717, 1.165) is 5.56 Å². The van der Waals surface area contributed by atoms with Crippen LogP contribution in [0.15, 0.2) is 79.0 Å². The van der Waals surface area contributed by atoms with Crippen LogP contribution in [-0.2, 0) is 11.3 Å². The van der Waals surface area contributed by atoms with Crippen molar-refractivity contribution in [1.82, 2.24) is 15.6 Å². The summed E-state index contributed by atoms with van der Waals surface area (Å²) < 4.78 is 0. The van der Waals surface area contributed by atoms with Gasteiger partial charge in [-0.1, -0.05) is 54.1 Å². The van der Waals surface area contributed by atoms with Crippen LogP contribution in [0, 0.1) is 10.1 Å². The average molecular weight is 477 g/mol. The second-order valence-electron chi connectivity index (χ2n) is 7.64. The minimum atomic E-state index is -0.894. The van der Waals surface area contributed by atoms with Crippen molar-refractivity contribution in [2.75, 3.05) is 6.54 Å². The van der Waals surface area contributed by atoms with E-state index in [0.29, 0.717) is 22.5 Å². The predicted octanol–water partition coefficient (Wildman–Crippen LogP) is 4.50. The molecule has 1 atom stereocenters. The van der Waals surface area contributed by atoms with E-state index in [1.807, 2.05) is 30.3 Å². The van der Waals surface area contributed by atoms with Crippen LogP contribution in [0.4, 0.5) is 5.69 Å². The summed E-state index contributed by atoms with van der Waals surface area (Å²) in [6.45, 7) is 0.493. The van der Waals surface area contributed by atoms with E-state index in [4.69, 9.17) is 11.6 Å². The fourth-order valence-electron chi connectivity index (χ4n) is 3.71. The van der Waals surface area contributed by atoms with E-state index in [1.54, 1.807) is 24.3 Å². The molecular formula is C25H21ClN4O4. The SMILES string of the molecule is O=C(CNCc1ccccc1)NC(c1cccc([N+](=O)[O-])c1)c1cc(Cl)c2cccnc2c1O. The van der Waals surface area contributed by atoms with Crippen LogP contribution in [0.2, 0.25) is 5.02 Å². The number of phenolic OH excluding ortho intramolecular Hbond substituents is 1. The molecule has 0 saturated carbocycles. The van der Waals surface area contributed by atoms with Crippen molar-refractivity contribution in [3.63, 3.8) is 0 Å². The number of fused-ring (bicyclic) bond motifs is 1. The standard InChI is InChI=1S/C25H21ClN4O4/c26-21-13-20(25(32)24-19(21)10-5-11-28-24)23(17-8-4-9-18(12-17)30(33)34)29-22(31)15-27-14-16-6-2-1-3-7-16/h1-13,23,27,32H,14-15H2,(H,29,31). The lowest BCUT2D eigenvalue weighted by atomic mass is 9.95. The number of nitro benzene ring substituents is 1. The summed E-state index contributed by atoms with van der Waals surface area (Å²) in [4.78, 5) is 27.9. The number of amides is 1. The third-order valence-electron chi connectivity index (χ3n) is 5.33. The molecule has 0 aliphatic carbocycles. The molecule has 0 saturated heterocycles. The van der Waals surface area contributed by atoms with Gasteiger partial charge >= 0.3 is 0 Å². The van der Waals surface area contributed by atoms with Crippen molar-refractivity contribution in [1.29, 1.82) is 0 Å². The molecule has 4 rings (SSSR count). The predicted molar refractivity (Wildman–Crippen MR) is 130 cm³/mol. The first-order valence-electron chi connectivity index (χ1n) is 10.5. The number of pyridine rings is 1. The van der Waals surface area contributed by atoms with Crippen molar-refractivity contribution in [2.24, 2.45) is 0 Å². The van der Waals surface area contributed by atoms with Gasteiger partial charge in [0.2, 0.25) is 5.91 Å². The molecule has 8 nitrogen and oxygen atoms in total. The van der Waals surface area contributed by atoms with Gasteiger partial charge in [0.1, 0.15) is 11.3 Å². The molecule has 0 radical (unpaired) electrons. The number of hydrogen-bond acceptors (Lipinski definition) is 6. The number of aromatic nitrogens is 1. The number of aromatic hydroxyl groups is 1. The second-order valence-corrected chi connectivity index (χ2v) is 8.04. The van der Waals surface area contributed by atoms with Crippen LogP contribution in [0.1, 0.15) is 22.7 Å². The number of nitrogens with zero attached hydrogens (tertiary/aromatic N) is 2. The third kappa shape index (κ3) is 5.14. The van der Waals surface area contributed by atoms with E-state index < -0.39 is 11.0 Å². The van der Waals surface area contributed by atoms with E-state index in [9.17, 15) is 20.0 Å². The molecule has 34 heavy (non-hydrogen) atoms. The summed E-state index contributed by atoms with van der Waals surface area (Å²) in [7, 11) is 0. The minimum Gasteiger partial charge on any atom is -0.505 e. The Bertz CT molecular complexity index is 1350. The third-order valence-corrected chi connectivity index (χ3v) is 5.65. The first kappa shape index (κ1) is 23.2. The number of carbonyl (C=O) groups excluding carboxylic acids is 1. The Morgan fingerprint density at radius 3 is 2.65 bits per heavy atom. The van der Waals surface area contributed by atoms with Gasteiger partial charge in [-0.15, -0.1) is 0 Å². The molecular weight excluding hydrogens is 456 g/mol. The summed E-state index contributed by atoms with van der Waals surface area (Å²) in [5, 5.41) is 29.2. The number of carbonyl (C=O) groups is 1. The first-order valence-corrected chi connectivity index (χ1v) is 10.9. The highest BCUT2D eigenvalue weighted by molar-refractivity contribution is 6.35. The number of benzene rings is 3. The van der Waals surface area contributed by atoms with Gasteiger partial charge in [-0.2, -0.15) is 0 Å². The van der Waals surface area contributed by atoms with Gasteiger partial charge in [-0.05, 0) is 29.3 Å². The van der Waals surface area contributed by atoms with Gasteiger partial charge in [-0.3, -0.25) is 19.9 Å². The lowest BCUT2D eigenvalue weighted by molar-refractivity contribution is -0.384. The van der Waals surface area contributed by atoms with Crippen molar-refractivity contribution in [3.8, 4) is 5.75 Å². The molecule has 4 aromatic rings. The fraction of sp³-hybridized carbons (Fsp3) is 0.120. The Morgan fingerprint density at radius 2 is 1.88 bits per heavy atom. The smallest absolute Gasteiger partial charge is 0.269 e. The van der Waals surface area contributed by atoms with Gasteiger partial charge in [-0.25, -0.2) is 0 Å². The summed E-state index contributed by atoms with van der Waals surface area (Å²) in [5.74, 6) is -0.516. The van der Waals surface area contributed by atoms with Crippen LogP contribution in [0.3, 0.4) is 0 Å². The Hall–Kier alpha value is -4.01. The maximum Gasteiger partial charge on any atom is 0.269 e. The highest BCUT2D eigenvalue weighted by Crippen LogP contribution is 2.38. The number of non-ortho nitro benzene ring substituents is 1. The number of nitro groups is 1. The molecule has 0 spiro atoms. The molecule has 3 aromatic carbocycles. The van der Waals surface area contributed by atoms with Crippen LogP contribution in [0.25, 0.3) is 10.9 Å². The molecule has 0 bridgehead atoms. The number of phenols is 1. The lowest BCUT2D eigenvalue weighted by Crippen LogP contribution is -2.36. The Balaban J connectivity index is 1.66. The van der Waals surface area contributed by atoms with Crippen LogP contribution < -0.4 is 10.6 Å². The van der Waals surface area contributed by atoms with Gasteiger partial charge in [0, 0.05) is 35.8 Å². The maximum atomic E-state index is 12.8. The molecule has 1 amide bonds. The van der Waals surface area contributed by atoms with Crippen molar-refractivity contribution in [3.05, 3.63) is 111 Å². The second kappa shape index (κ2) is 10.3. The normalized spacial score (nSPS) is 11.8. The highest BCUT2D eigenvalue weighted by atomic mass is 35.5. The topological polar surface area (TPSA) is 117 Å². The number of nitrogens with one attached hydrogen (secondary N) is 2. The molecule has 1 aromatic heterocycles. The molecule has 3 N–H and O–H groups in total. The fourth-order valence-corrected chi connectivity index (χ4v) is 3.98. The zero-order valence-electron chi connectivity index (χ0n) is 17.9. The molecule has 9 heteroatoms. The van der Waals surface area contributed by atoms with Crippen molar-refractivity contribution < 1.29 is 14.8 Å². The van der Waals surface area contributed by atoms with E-state index in [1.165, 1.54) is 24.4 Å². The zero-order valence-corrected chi connectivity index (χ0v) is 18.7. The maximum absolute atomic E-state index is 12.8. The molecule has 0 fully saturated rings. The summed E-state index contributed by atoms with van der Waals surface area (Å²) in [6, 6.07) is 19.6. The zero-order chi connectivity index (χ0) is 24.1. The first-order chi connectivity index (χ1) is 16.4. The van der Waals surface area contributed by atoms with Crippen LogP contribution in [0.5, 0.6) is 5.75 Å². The monoisotopic (exact) mass is 476 g/mol. The molecule has 1 heterocycles. The largest absolute Gasteiger partial charge is 0.505 e. The Labute approximate surface area is 200 Å². The number of rotatable bonds is 8.